The summed E-state index contributed by atoms with van der Waals surface area (Å²) in [6, 6.07) is 0. The molecule has 1 aliphatic rings. The Kier molecular flexibility index (Phi) is 5.02. The van der Waals surface area contributed by atoms with E-state index in [1.807, 2.05) is 0 Å². The summed E-state index contributed by atoms with van der Waals surface area (Å²) in [5.74, 6) is 0. The smallest absolute Gasteiger partial charge is 0 e. The molecule has 0 aromatic heterocycles. The fraction of sp³-hybridized carbons (Fsp3) is 0.200. The van der Waals surface area contributed by atoms with Gasteiger partial charge in [0.05, 0.1) is 0 Å². The molecular formula is C5H6Se2. The van der Waals surface area contributed by atoms with E-state index in [1.165, 1.54) is 5.32 Å². The minimum Gasteiger partial charge on any atom is 0 e. The van der Waals surface area contributed by atoms with Crippen LogP contribution in [0.4, 0.5) is 0 Å². The quantitative estimate of drug-likeness (QED) is 0.534. The monoisotopic (exact) mass is 226 g/mol. The molecule has 1 aliphatic heterocycles. The van der Waals surface area contributed by atoms with Crippen LogP contribution >= 0.6 is 0 Å². The van der Waals surface area contributed by atoms with Crippen LogP contribution in [0.5, 0.6) is 0 Å². The van der Waals surface area contributed by atoms with Gasteiger partial charge in [0.1, 0.15) is 0 Å². The standard InChI is InChI=1S/C5H6Se.Se/c1-2-4-6-5-3-1;/h1-4H,5H2;. The molecule has 0 aromatic rings. The first-order chi connectivity index (χ1) is 3.00. The van der Waals surface area contributed by atoms with Gasteiger partial charge in [0, 0.05) is 17.1 Å². The van der Waals surface area contributed by atoms with Crippen molar-refractivity contribution >= 4 is 32.0 Å². The molecule has 0 spiro atoms. The third kappa shape index (κ3) is 3.13. The minimum atomic E-state index is 0. The first-order valence-electron chi connectivity index (χ1n) is 1.93. The number of hydrogen-bond acceptors (Lipinski definition) is 0. The van der Waals surface area contributed by atoms with Crippen molar-refractivity contribution in [2.75, 3.05) is 0 Å². The van der Waals surface area contributed by atoms with Crippen LogP contribution in [0.3, 0.4) is 0 Å². The van der Waals surface area contributed by atoms with Crippen molar-refractivity contribution in [1.29, 1.82) is 0 Å². The van der Waals surface area contributed by atoms with Crippen LogP contribution in [0.15, 0.2) is 23.2 Å². The Morgan fingerprint density at radius 3 is 2.29 bits per heavy atom. The maximum Gasteiger partial charge on any atom is 0 e. The molecule has 0 amide bonds. The van der Waals surface area contributed by atoms with E-state index in [9.17, 15) is 0 Å². The van der Waals surface area contributed by atoms with Crippen LogP contribution in [-0.2, 0) is 0 Å². The SMILES string of the molecule is C1=CC[Se]C=C1.[Se]. The molecule has 1 heterocycles. The van der Waals surface area contributed by atoms with Gasteiger partial charge in [-0.3, -0.25) is 0 Å². The second kappa shape index (κ2) is 4.67. The van der Waals surface area contributed by atoms with Crippen molar-refractivity contribution in [3.63, 3.8) is 0 Å². The molecule has 0 N–H and O–H groups in total. The topological polar surface area (TPSA) is 0 Å². The summed E-state index contributed by atoms with van der Waals surface area (Å²) >= 11 is 0.786. The molecule has 0 bridgehead atoms. The Balaban J connectivity index is 0.000000360. The van der Waals surface area contributed by atoms with E-state index in [4.69, 9.17) is 0 Å². The van der Waals surface area contributed by atoms with Crippen molar-refractivity contribution < 1.29 is 0 Å². The second-order valence-electron chi connectivity index (χ2n) is 1.09. The van der Waals surface area contributed by atoms with E-state index in [0.717, 1.165) is 15.0 Å². The van der Waals surface area contributed by atoms with E-state index in [0.29, 0.717) is 0 Å². The Bertz CT molecular complexity index is 72.1. The maximum atomic E-state index is 2.24. The van der Waals surface area contributed by atoms with E-state index in [-0.39, 0.29) is 17.1 Å². The summed E-state index contributed by atoms with van der Waals surface area (Å²) in [4.78, 5) is 2.24. The van der Waals surface area contributed by atoms with Crippen molar-refractivity contribution in [2.24, 2.45) is 0 Å². The second-order valence-corrected chi connectivity index (χ2v) is 3.06. The zero-order chi connectivity index (χ0) is 4.24. The predicted octanol–water partition coefficient (Wildman–Crippen LogP) is 0.812. The van der Waals surface area contributed by atoms with Crippen molar-refractivity contribution in [3.8, 4) is 0 Å². The molecule has 0 unspecified atom stereocenters. The van der Waals surface area contributed by atoms with E-state index < -0.39 is 0 Å². The predicted molar refractivity (Wildman–Crippen MR) is 34.6 cm³/mol. The molecule has 38 valence electrons. The van der Waals surface area contributed by atoms with E-state index in [2.05, 4.69) is 23.2 Å². The van der Waals surface area contributed by atoms with Crippen molar-refractivity contribution in [1.82, 2.24) is 0 Å². The molecule has 0 saturated carbocycles. The Morgan fingerprint density at radius 1 is 1.29 bits per heavy atom. The van der Waals surface area contributed by atoms with Crippen LogP contribution < -0.4 is 0 Å². The summed E-state index contributed by atoms with van der Waals surface area (Å²) in [6.07, 6.45) is 6.43. The first-order valence-corrected chi connectivity index (χ1v) is 4.13. The molecule has 1 rings (SSSR count). The number of hydrogen-bond donors (Lipinski definition) is 0. The molecule has 0 fully saturated rings. The largest absolute Gasteiger partial charge is 0 e. The third-order valence-corrected chi connectivity index (χ3v) is 2.16. The van der Waals surface area contributed by atoms with Crippen LogP contribution in [0, 0.1) is 0 Å². The molecule has 0 aromatic carbocycles. The van der Waals surface area contributed by atoms with E-state index >= 15 is 0 Å². The summed E-state index contributed by atoms with van der Waals surface area (Å²) < 4.78 is 0. The van der Waals surface area contributed by atoms with Crippen LogP contribution in [0.2, 0.25) is 5.32 Å². The third-order valence-electron chi connectivity index (χ3n) is 0.614. The van der Waals surface area contributed by atoms with Gasteiger partial charge in [0.25, 0.3) is 0 Å². The average molecular weight is 224 g/mol. The van der Waals surface area contributed by atoms with Gasteiger partial charge in [-0.2, -0.15) is 0 Å². The normalized spacial score (nSPS) is 16.0. The van der Waals surface area contributed by atoms with Gasteiger partial charge >= 0.3 is 43.5 Å². The molecule has 0 nitrogen and oxygen atoms in total. The number of rotatable bonds is 0. The van der Waals surface area contributed by atoms with Gasteiger partial charge in [-0.15, -0.1) is 0 Å². The zero-order valence-electron chi connectivity index (χ0n) is 3.83. The fourth-order valence-corrected chi connectivity index (χ4v) is 1.47. The van der Waals surface area contributed by atoms with Gasteiger partial charge in [0.2, 0.25) is 0 Å². The van der Waals surface area contributed by atoms with Crippen LogP contribution in [0.25, 0.3) is 0 Å². The summed E-state index contributed by atoms with van der Waals surface area (Å²) in [7, 11) is 0. The van der Waals surface area contributed by atoms with Gasteiger partial charge in [-0.25, -0.2) is 0 Å². The zero-order valence-corrected chi connectivity index (χ0v) is 7.26. The number of allylic oxidation sites excluding steroid dienone is 3. The molecule has 2 radical (unpaired) electrons. The Morgan fingerprint density at radius 2 is 2.14 bits per heavy atom. The van der Waals surface area contributed by atoms with Gasteiger partial charge in [0.15, 0.2) is 0 Å². The minimum absolute atomic E-state index is 0. The van der Waals surface area contributed by atoms with Gasteiger partial charge < -0.3 is 0 Å². The van der Waals surface area contributed by atoms with Gasteiger partial charge in [-0.05, 0) is 0 Å². The molecule has 0 atom stereocenters. The first kappa shape index (κ1) is 7.52. The van der Waals surface area contributed by atoms with Gasteiger partial charge in [-0.1, -0.05) is 0 Å². The molecule has 0 aliphatic carbocycles. The summed E-state index contributed by atoms with van der Waals surface area (Å²) in [5.41, 5.74) is 0. The Labute approximate surface area is 60.7 Å². The average Bonchev–Trinajstić information content (AvgIpc) is 1.72. The van der Waals surface area contributed by atoms with Crippen LogP contribution in [0.1, 0.15) is 0 Å². The summed E-state index contributed by atoms with van der Waals surface area (Å²) in [6.45, 7) is 0. The van der Waals surface area contributed by atoms with Crippen LogP contribution in [-0.4, -0.2) is 32.0 Å². The molecule has 2 heteroatoms. The van der Waals surface area contributed by atoms with Crippen molar-refractivity contribution in [2.45, 2.75) is 5.32 Å². The Hall–Kier alpha value is 0.519. The fourth-order valence-electron chi connectivity index (χ4n) is 0.346. The maximum absolute atomic E-state index is 2.24. The molecular weight excluding hydrogens is 218 g/mol. The molecule has 7 heavy (non-hydrogen) atoms. The molecule has 0 saturated heterocycles. The van der Waals surface area contributed by atoms with Crippen molar-refractivity contribution in [3.05, 3.63) is 23.2 Å². The van der Waals surface area contributed by atoms with E-state index in [1.54, 1.807) is 0 Å². The summed E-state index contributed by atoms with van der Waals surface area (Å²) in [5, 5.41) is 1.30.